The maximum Gasteiger partial charge on any atom is 0.321 e. The molecule has 4 heteroatoms. The van der Waals surface area contributed by atoms with E-state index in [-0.39, 0.29) is 17.1 Å². The van der Waals surface area contributed by atoms with E-state index in [1.165, 1.54) is 0 Å². The van der Waals surface area contributed by atoms with Crippen molar-refractivity contribution in [1.29, 1.82) is 0 Å². The maximum atomic E-state index is 10.3. The molecule has 0 spiro atoms. The molecule has 0 aromatic rings. The largest absolute Gasteiger partial charge is 0.430 e. The summed E-state index contributed by atoms with van der Waals surface area (Å²) in [5.74, 6) is 0.702. The molecule has 1 saturated heterocycles. The first kappa shape index (κ1) is 12.2. The third kappa shape index (κ3) is 4.08. The summed E-state index contributed by atoms with van der Waals surface area (Å²) in [5, 5.41) is -0.273. The molecule has 0 aromatic heterocycles. The molecule has 1 aliphatic rings. The Bertz CT molecular complexity index is 233. The Morgan fingerprint density at radius 1 is 1.69 bits per heavy atom. The van der Waals surface area contributed by atoms with E-state index in [9.17, 15) is 9.59 Å². The average Bonchev–Trinajstić information content (AvgIpc) is 2.14. The van der Waals surface area contributed by atoms with Crippen LogP contribution in [0.1, 0.15) is 27.2 Å². The Morgan fingerprint density at radius 2 is 2.15 bits per heavy atom. The van der Waals surface area contributed by atoms with Gasteiger partial charge in [0, 0.05) is 6.42 Å². The van der Waals surface area contributed by atoms with Crippen molar-refractivity contribution in [2.24, 2.45) is 5.92 Å². The van der Waals surface area contributed by atoms with E-state index in [2.05, 4.69) is 4.74 Å². The van der Waals surface area contributed by atoms with Crippen LogP contribution < -0.4 is 0 Å². The third-order valence-corrected chi connectivity index (χ3v) is 1.83. The second-order valence-electron chi connectivity index (χ2n) is 2.54. The molecule has 1 aliphatic heterocycles. The lowest BCUT2D eigenvalue weighted by Gasteiger charge is -2.23. The summed E-state index contributed by atoms with van der Waals surface area (Å²) in [6.45, 7) is 5.41. The molecule has 0 aliphatic carbocycles. The summed E-state index contributed by atoms with van der Waals surface area (Å²) in [6.07, 6.45) is 2.24. The third-order valence-electron chi connectivity index (χ3n) is 1.56. The van der Waals surface area contributed by atoms with Crippen LogP contribution in [0.25, 0.3) is 0 Å². The number of rotatable bonds is 1. The summed E-state index contributed by atoms with van der Waals surface area (Å²) >= 11 is 4.82. The number of hydrogen-bond acceptors (Lipinski definition) is 3. The number of ether oxygens (including phenoxy) is 1. The number of halogens is 1. The number of hydrogen-bond donors (Lipinski definition) is 0. The van der Waals surface area contributed by atoms with E-state index in [4.69, 9.17) is 11.6 Å². The zero-order valence-electron chi connectivity index (χ0n) is 7.96. The molecule has 1 fully saturated rings. The topological polar surface area (TPSA) is 43.4 Å². The molecule has 0 bridgehead atoms. The predicted molar refractivity (Wildman–Crippen MR) is 50.2 cm³/mol. The molecule has 0 aromatic carbocycles. The first-order valence-corrected chi connectivity index (χ1v) is 4.46. The minimum absolute atomic E-state index is 0.0139. The van der Waals surface area contributed by atoms with Gasteiger partial charge in [-0.3, -0.25) is 9.59 Å². The lowest BCUT2D eigenvalue weighted by Crippen LogP contribution is -2.29. The molecule has 0 N–H and O–H groups in total. The molecule has 1 atom stereocenters. The van der Waals surface area contributed by atoms with Crippen molar-refractivity contribution >= 4 is 22.8 Å². The van der Waals surface area contributed by atoms with Gasteiger partial charge < -0.3 is 4.74 Å². The molecule has 1 unspecified atom stereocenters. The van der Waals surface area contributed by atoms with E-state index in [0.29, 0.717) is 6.42 Å². The quantitative estimate of drug-likeness (QED) is 0.486. The molecule has 13 heavy (non-hydrogen) atoms. The molecule has 0 radical (unpaired) electrons. The highest BCUT2D eigenvalue weighted by Gasteiger charge is 2.31. The van der Waals surface area contributed by atoms with Crippen molar-refractivity contribution in [3.05, 3.63) is 11.8 Å². The lowest BCUT2D eigenvalue weighted by atomic mass is 10.1. The van der Waals surface area contributed by atoms with E-state index >= 15 is 0 Å². The van der Waals surface area contributed by atoms with Crippen molar-refractivity contribution in [3.63, 3.8) is 0 Å². The van der Waals surface area contributed by atoms with Crippen molar-refractivity contribution in [2.45, 2.75) is 27.2 Å². The normalized spacial score (nSPS) is 22.6. The summed E-state index contributed by atoms with van der Waals surface area (Å²) in [4.78, 5) is 19.9. The van der Waals surface area contributed by atoms with Crippen molar-refractivity contribution in [3.8, 4) is 0 Å². The van der Waals surface area contributed by atoms with Gasteiger partial charge in [-0.15, -0.1) is 0 Å². The van der Waals surface area contributed by atoms with E-state index in [1.807, 2.05) is 19.9 Å². The molecular weight excluding hydrogens is 192 g/mol. The Labute approximate surface area is 82.7 Å². The molecule has 1 rings (SSSR count). The van der Waals surface area contributed by atoms with Gasteiger partial charge >= 0.3 is 5.97 Å². The highest BCUT2D eigenvalue weighted by Crippen LogP contribution is 2.24. The van der Waals surface area contributed by atoms with Crippen molar-refractivity contribution < 1.29 is 14.3 Å². The van der Waals surface area contributed by atoms with Gasteiger partial charge in [0.2, 0.25) is 5.24 Å². The van der Waals surface area contributed by atoms with Crippen LogP contribution in [0.4, 0.5) is 0 Å². The van der Waals surface area contributed by atoms with Crippen LogP contribution in [0.15, 0.2) is 11.8 Å². The first-order chi connectivity index (χ1) is 6.02. The van der Waals surface area contributed by atoms with Crippen molar-refractivity contribution in [2.75, 3.05) is 0 Å². The Kier molecular flexibility index (Phi) is 5.39. The van der Waals surface area contributed by atoms with E-state index in [1.54, 1.807) is 6.92 Å². The van der Waals surface area contributed by atoms with Gasteiger partial charge in [-0.05, 0) is 31.5 Å². The minimum atomic E-state index is -0.273. The monoisotopic (exact) mass is 204 g/mol. The number of cyclic esters (lactones) is 1. The van der Waals surface area contributed by atoms with Crippen LogP contribution in [0.5, 0.6) is 0 Å². The van der Waals surface area contributed by atoms with Crippen LogP contribution in [-0.2, 0) is 14.3 Å². The zero-order valence-corrected chi connectivity index (χ0v) is 8.72. The second-order valence-corrected chi connectivity index (χ2v) is 2.96. The van der Waals surface area contributed by atoms with Crippen LogP contribution in [0, 0.1) is 5.92 Å². The fraction of sp³-hybridized carbons (Fsp3) is 0.556. The van der Waals surface area contributed by atoms with Gasteiger partial charge in [0.15, 0.2) is 0 Å². The Hall–Kier alpha value is -0.830. The summed E-state index contributed by atoms with van der Waals surface area (Å²) < 4.78 is 4.62. The summed E-state index contributed by atoms with van der Waals surface area (Å²) in [6, 6.07) is 0. The fourth-order valence-electron chi connectivity index (χ4n) is 0.660. The van der Waals surface area contributed by atoms with Gasteiger partial charge in [0.1, 0.15) is 11.7 Å². The number of carbonyl (C=O) groups excluding carboxylic acids is 2. The maximum absolute atomic E-state index is 10.3. The van der Waals surface area contributed by atoms with Gasteiger partial charge in [-0.1, -0.05) is 6.92 Å². The molecule has 74 valence electrons. The lowest BCUT2D eigenvalue weighted by molar-refractivity contribution is -0.155. The van der Waals surface area contributed by atoms with Gasteiger partial charge in [-0.2, -0.15) is 0 Å². The first-order valence-electron chi connectivity index (χ1n) is 4.09. The van der Waals surface area contributed by atoms with Gasteiger partial charge in [0.05, 0.1) is 0 Å². The zero-order chi connectivity index (χ0) is 10.4. The summed E-state index contributed by atoms with van der Waals surface area (Å²) in [5.41, 5.74) is 0. The standard InChI is InChI=1S/C6H8O2.C3H5ClO/c1-3-5-4(2)6(7)8-5;1-2-3(4)5/h3-4H,1-2H3;2H2,1H3/b5-3-;. The van der Waals surface area contributed by atoms with E-state index in [0.717, 1.165) is 5.76 Å². The SMILES string of the molecule is C/C=C1\OC(=O)C1C.CCC(=O)Cl. The highest BCUT2D eigenvalue weighted by atomic mass is 35.5. The smallest absolute Gasteiger partial charge is 0.321 e. The van der Waals surface area contributed by atoms with Crippen LogP contribution in [0.2, 0.25) is 0 Å². The molecule has 1 heterocycles. The average molecular weight is 205 g/mol. The van der Waals surface area contributed by atoms with Crippen LogP contribution in [-0.4, -0.2) is 11.2 Å². The predicted octanol–water partition coefficient (Wildman–Crippen LogP) is 2.24. The highest BCUT2D eigenvalue weighted by molar-refractivity contribution is 6.63. The summed E-state index contributed by atoms with van der Waals surface area (Å²) in [7, 11) is 0. The minimum Gasteiger partial charge on any atom is -0.430 e. The fourth-order valence-corrected chi connectivity index (χ4v) is 0.660. The molecular formula is C9H13ClO3. The number of allylic oxidation sites excluding steroid dienone is 1. The van der Waals surface area contributed by atoms with Crippen molar-refractivity contribution in [1.82, 2.24) is 0 Å². The van der Waals surface area contributed by atoms with Gasteiger partial charge in [-0.25, -0.2) is 0 Å². The van der Waals surface area contributed by atoms with Gasteiger partial charge in [0.25, 0.3) is 0 Å². The Morgan fingerprint density at radius 3 is 2.23 bits per heavy atom. The number of esters is 1. The molecule has 3 nitrogen and oxygen atoms in total. The second kappa shape index (κ2) is 5.75. The van der Waals surface area contributed by atoms with E-state index < -0.39 is 0 Å². The van der Waals surface area contributed by atoms with Crippen LogP contribution in [0.3, 0.4) is 0 Å². The molecule has 0 saturated carbocycles. The molecule has 0 amide bonds. The number of carbonyl (C=O) groups is 2. The van der Waals surface area contributed by atoms with Crippen LogP contribution >= 0.6 is 11.6 Å². The Balaban J connectivity index is 0.000000252.